The summed E-state index contributed by atoms with van der Waals surface area (Å²) in [6.07, 6.45) is 1.78. The van der Waals surface area contributed by atoms with Crippen molar-refractivity contribution >= 4 is 11.7 Å². The Labute approximate surface area is 166 Å². The molecule has 0 bridgehead atoms. The molecule has 1 aromatic heterocycles. The van der Waals surface area contributed by atoms with Gasteiger partial charge in [0.15, 0.2) is 6.61 Å². The van der Waals surface area contributed by atoms with Gasteiger partial charge in [-0.3, -0.25) is 4.79 Å². The summed E-state index contributed by atoms with van der Waals surface area (Å²) in [6, 6.07) is 11.8. The molecule has 0 unspecified atom stereocenters. The molecule has 2 heterocycles. The highest BCUT2D eigenvalue weighted by atomic mass is 16.5. The number of ether oxygens (including phenoxy) is 2. The molecule has 1 aromatic carbocycles. The van der Waals surface area contributed by atoms with E-state index in [-0.39, 0.29) is 17.9 Å². The lowest BCUT2D eigenvalue weighted by atomic mass is 9.86. The van der Waals surface area contributed by atoms with Gasteiger partial charge in [-0.05, 0) is 34.7 Å². The summed E-state index contributed by atoms with van der Waals surface area (Å²) in [7, 11) is 0. The molecule has 1 saturated heterocycles. The number of nitrogens with one attached hydrogen (secondary N) is 1. The predicted molar refractivity (Wildman–Crippen MR) is 110 cm³/mol. The van der Waals surface area contributed by atoms with Crippen molar-refractivity contribution in [3.63, 3.8) is 0 Å². The van der Waals surface area contributed by atoms with Crippen molar-refractivity contribution in [1.82, 2.24) is 10.3 Å². The number of rotatable bonds is 6. The van der Waals surface area contributed by atoms with Gasteiger partial charge in [0.25, 0.3) is 5.91 Å². The Morgan fingerprint density at radius 3 is 2.71 bits per heavy atom. The number of nitrogens with zero attached hydrogens (tertiary/aromatic N) is 2. The van der Waals surface area contributed by atoms with Crippen molar-refractivity contribution in [1.29, 1.82) is 0 Å². The predicted octanol–water partition coefficient (Wildman–Crippen LogP) is 2.91. The van der Waals surface area contributed by atoms with Gasteiger partial charge in [-0.25, -0.2) is 4.98 Å². The van der Waals surface area contributed by atoms with Crippen molar-refractivity contribution in [2.75, 3.05) is 37.8 Å². The highest BCUT2D eigenvalue weighted by Gasteiger charge is 2.19. The van der Waals surface area contributed by atoms with Crippen LogP contribution >= 0.6 is 0 Å². The smallest absolute Gasteiger partial charge is 0.258 e. The molecule has 0 aliphatic carbocycles. The second kappa shape index (κ2) is 9.06. The number of hydrogen-bond acceptors (Lipinski definition) is 5. The zero-order valence-electron chi connectivity index (χ0n) is 16.9. The largest absolute Gasteiger partial charge is 0.483 e. The maximum Gasteiger partial charge on any atom is 0.258 e. The van der Waals surface area contributed by atoms with Crippen LogP contribution in [0, 0.1) is 0 Å². The van der Waals surface area contributed by atoms with E-state index < -0.39 is 0 Å². The fourth-order valence-electron chi connectivity index (χ4n) is 3.14. The van der Waals surface area contributed by atoms with Gasteiger partial charge in [-0.1, -0.05) is 39.0 Å². The molecule has 1 N–H and O–H groups in total. The lowest BCUT2D eigenvalue weighted by Crippen LogP contribution is -2.36. The topological polar surface area (TPSA) is 63.7 Å². The zero-order chi connectivity index (χ0) is 20.0. The third-order valence-corrected chi connectivity index (χ3v) is 4.69. The summed E-state index contributed by atoms with van der Waals surface area (Å²) < 4.78 is 11.2. The standard InChI is InChI=1S/C22H29N3O3/c1-22(2,3)18-6-4-5-7-19(18)28-16-21(26)24-15-17-8-9-23-20(14-17)25-10-12-27-13-11-25/h4-9,14H,10-13,15-16H2,1-3H3,(H,24,26). The van der Waals surface area contributed by atoms with Gasteiger partial charge in [0.2, 0.25) is 0 Å². The number of carbonyl (C=O) groups excluding carboxylic acids is 1. The minimum absolute atomic E-state index is 0.00546. The lowest BCUT2D eigenvalue weighted by molar-refractivity contribution is -0.123. The molecule has 1 fully saturated rings. The van der Waals surface area contributed by atoms with E-state index in [4.69, 9.17) is 9.47 Å². The molecule has 3 rings (SSSR count). The van der Waals surface area contributed by atoms with Gasteiger partial charge in [0.05, 0.1) is 13.2 Å². The van der Waals surface area contributed by atoms with Crippen LogP contribution in [0.25, 0.3) is 0 Å². The molecule has 6 nitrogen and oxygen atoms in total. The molecule has 150 valence electrons. The van der Waals surface area contributed by atoms with E-state index in [1.807, 2.05) is 36.4 Å². The Bertz CT molecular complexity index is 796. The van der Waals surface area contributed by atoms with Gasteiger partial charge in [0, 0.05) is 25.8 Å². The minimum Gasteiger partial charge on any atom is -0.483 e. The quantitative estimate of drug-likeness (QED) is 0.831. The fraction of sp³-hybridized carbons (Fsp3) is 0.455. The molecule has 6 heteroatoms. The maximum atomic E-state index is 12.3. The van der Waals surface area contributed by atoms with Gasteiger partial charge >= 0.3 is 0 Å². The van der Waals surface area contributed by atoms with E-state index in [1.54, 1.807) is 6.20 Å². The second-order valence-corrected chi connectivity index (χ2v) is 7.93. The first-order valence-corrected chi connectivity index (χ1v) is 9.70. The van der Waals surface area contributed by atoms with Crippen LogP contribution < -0.4 is 15.0 Å². The third-order valence-electron chi connectivity index (χ3n) is 4.69. The van der Waals surface area contributed by atoms with E-state index >= 15 is 0 Å². The number of amides is 1. The van der Waals surface area contributed by atoms with E-state index in [2.05, 4.69) is 36.0 Å². The molecular weight excluding hydrogens is 354 g/mol. The van der Waals surface area contributed by atoms with Crippen LogP contribution in [-0.2, 0) is 21.5 Å². The Morgan fingerprint density at radius 2 is 1.96 bits per heavy atom. The normalized spacial score (nSPS) is 14.6. The SMILES string of the molecule is CC(C)(C)c1ccccc1OCC(=O)NCc1ccnc(N2CCOCC2)c1. The molecule has 1 amide bonds. The minimum atomic E-state index is -0.145. The van der Waals surface area contributed by atoms with E-state index in [0.717, 1.165) is 49.0 Å². The second-order valence-electron chi connectivity index (χ2n) is 7.93. The van der Waals surface area contributed by atoms with Crippen molar-refractivity contribution in [3.05, 3.63) is 53.7 Å². The summed E-state index contributed by atoms with van der Waals surface area (Å²) in [6.45, 7) is 9.94. The summed E-state index contributed by atoms with van der Waals surface area (Å²) in [5, 5.41) is 2.92. The van der Waals surface area contributed by atoms with Crippen LogP contribution in [0.15, 0.2) is 42.6 Å². The summed E-state index contributed by atoms with van der Waals surface area (Å²) in [5.41, 5.74) is 2.06. The first-order chi connectivity index (χ1) is 13.4. The van der Waals surface area contributed by atoms with Gasteiger partial charge in [0.1, 0.15) is 11.6 Å². The molecular formula is C22H29N3O3. The van der Waals surface area contributed by atoms with Crippen molar-refractivity contribution < 1.29 is 14.3 Å². The number of carbonyl (C=O) groups is 1. The monoisotopic (exact) mass is 383 g/mol. The van der Waals surface area contributed by atoms with Gasteiger partial charge < -0.3 is 19.7 Å². The van der Waals surface area contributed by atoms with E-state index in [0.29, 0.717) is 6.54 Å². The molecule has 28 heavy (non-hydrogen) atoms. The Hall–Kier alpha value is -2.60. The van der Waals surface area contributed by atoms with Crippen LogP contribution in [0.1, 0.15) is 31.9 Å². The van der Waals surface area contributed by atoms with Crippen molar-refractivity contribution in [2.24, 2.45) is 0 Å². The zero-order valence-corrected chi connectivity index (χ0v) is 16.9. The van der Waals surface area contributed by atoms with Crippen LogP contribution in [0.3, 0.4) is 0 Å². The molecule has 0 spiro atoms. The number of benzene rings is 1. The Kier molecular flexibility index (Phi) is 6.52. The van der Waals surface area contributed by atoms with Crippen LogP contribution in [-0.4, -0.2) is 43.8 Å². The highest BCUT2D eigenvalue weighted by molar-refractivity contribution is 5.77. The summed E-state index contributed by atoms with van der Waals surface area (Å²) in [5.74, 6) is 1.53. The van der Waals surface area contributed by atoms with E-state index in [9.17, 15) is 4.79 Å². The molecule has 0 radical (unpaired) electrons. The summed E-state index contributed by atoms with van der Waals surface area (Å²) >= 11 is 0. The number of aromatic nitrogens is 1. The van der Waals surface area contributed by atoms with Crippen molar-refractivity contribution in [2.45, 2.75) is 32.7 Å². The van der Waals surface area contributed by atoms with Crippen molar-refractivity contribution in [3.8, 4) is 5.75 Å². The highest BCUT2D eigenvalue weighted by Crippen LogP contribution is 2.30. The average Bonchev–Trinajstić information content (AvgIpc) is 2.71. The number of anilines is 1. The van der Waals surface area contributed by atoms with Crippen LogP contribution in [0.4, 0.5) is 5.82 Å². The number of hydrogen-bond donors (Lipinski definition) is 1. The third kappa shape index (κ3) is 5.45. The van der Waals surface area contributed by atoms with E-state index in [1.165, 1.54) is 0 Å². The molecule has 0 saturated carbocycles. The Balaban J connectivity index is 1.53. The molecule has 0 atom stereocenters. The first-order valence-electron chi connectivity index (χ1n) is 9.70. The van der Waals surface area contributed by atoms with Crippen LogP contribution in [0.2, 0.25) is 0 Å². The van der Waals surface area contributed by atoms with Gasteiger partial charge in [-0.15, -0.1) is 0 Å². The maximum absolute atomic E-state index is 12.3. The summed E-state index contributed by atoms with van der Waals surface area (Å²) in [4.78, 5) is 18.9. The molecule has 1 aliphatic rings. The van der Waals surface area contributed by atoms with Gasteiger partial charge in [-0.2, -0.15) is 0 Å². The average molecular weight is 383 g/mol. The fourth-order valence-corrected chi connectivity index (χ4v) is 3.14. The number of pyridine rings is 1. The number of morpholine rings is 1. The van der Waals surface area contributed by atoms with Crippen LogP contribution in [0.5, 0.6) is 5.75 Å². The first kappa shape index (κ1) is 20.1. The number of para-hydroxylation sites is 1. The molecule has 1 aliphatic heterocycles. The lowest BCUT2D eigenvalue weighted by Gasteiger charge is -2.28. The molecule has 2 aromatic rings. The Morgan fingerprint density at radius 1 is 1.21 bits per heavy atom.